The largest absolute Gasteiger partial charge is 0.416 e. The highest BCUT2D eigenvalue weighted by Gasteiger charge is 2.33. The van der Waals surface area contributed by atoms with Crippen molar-refractivity contribution in [1.29, 1.82) is 0 Å². The first-order valence-electron chi connectivity index (χ1n) is 8.02. The van der Waals surface area contributed by atoms with Crippen LogP contribution in [0, 0.1) is 0 Å². The molecule has 2 aromatic carbocycles. The number of nitrogens with zero attached hydrogens (tertiary/aromatic N) is 2. The van der Waals surface area contributed by atoms with E-state index < -0.39 is 23.6 Å². The number of anilines is 1. The van der Waals surface area contributed by atoms with Gasteiger partial charge >= 0.3 is 18.1 Å². The molecule has 1 amide bonds. The number of hydrogen-bond donors (Lipinski definition) is 1. The minimum absolute atomic E-state index is 0.0484. The summed E-state index contributed by atoms with van der Waals surface area (Å²) in [7, 11) is 0. The molecule has 0 spiro atoms. The molecule has 144 valence electrons. The Hall–Kier alpha value is -3.62. The van der Waals surface area contributed by atoms with Crippen molar-refractivity contribution in [3.05, 3.63) is 70.8 Å². The summed E-state index contributed by atoms with van der Waals surface area (Å²) < 4.78 is 38.2. The van der Waals surface area contributed by atoms with Crippen molar-refractivity contribution in [2.45, 2.75) is 13.1 Å². The van der Waals surface area contributed by atoms with Crippen LogP contribution in [0.25, 0.3) is 6.08 Å². The molecule has 0 saturated heterocycles. The average molecular weight is 389 g/mol. The molecule has 0 atom stereocenters. The number of alkyl halides is 3. The summed E-state index contributed by atoms with van der Waals surface area (Å²) in [6, 6.07) is 10.8. The van der Waals surface area contributed by atoms with E-state index in [4.69, 9.17) is 10.6 Å². The number of amides is 1. The number of carbonyl (C=O) groups is 2. The monoisotopic (exact) mass is 389 g/mol. The van der Waals surface area contributed by atoms with Crippen LogP contribution >= 0.6 is 0 Å². The molecule has 0 fully saturated rings. The predicted molar refractivity (Wildman–Crippen MR) is 95.6 cm³/mol. The minimum Gasteiger partial charge on any atom is -0.398 e. The number of rotatable bonds is 3. The van der Waals surface area contributed by atoms with Crippen LogP contribution in [0.2, 0.25) is 0 Å². The van der Waals surface area contributed by atoms with E-state index in [9.17, 15) is 22.8 Å². The first-order valence-corrected chi connectivity index (χ1v) is 8.02. The van der Waals surface area contributed by atoms with Gasteiger partial charge in [0.1, 0.15) is 0 Å². The van der Waals surface area contributed by atoms with Crippen molar-refractivity contribution < 1.29 is 27.6 Å². The number of hydroxylamine groups is 1. The minimum atomic E-state index is -4.53. The lowest BCUT2D eigenvalue weighted by Crippen LogP contribution is -2.26. The second-order valence-corrected chi connectivity index (χ2v) is 5.91. The van der Waals surface area contributed by atoms with E-state index in [2.05, 4.69) is 5.10 Å². The summed E-state index contributed by atoms with van der Waals surface area (Å²) in [5.41, 5.74) is 5.35. The van der Waals surface area contributed by atoms with Gasteiger partial charge in [-0.05, 0) is 48.0 Å². The third-order valence-electron chi connectivity index (χ3n) is 3.93. The van der Waals surface area contributed by atoms with Crippen molar-refractivity contribution >= 4 is 29.4 Å². The van der Waals surface area contributed by atoms with Crippen LogP contribution in [0.3, 0.4) is 0 Å². The summed E-state index contributed by atoms with van der Waals surface area (Å²) in [6.45, 7) is 1.50. The molecule has 0 bridgehead atoms. The Morgan fingerprint density at radius 3 is 2.46 bits per heavy atom. The van der Waals surface area contributed by atoms with Gasteiger partial charge in [0.2, 0.25) is 0 Å². The van der Waals surface area contributed by atoms with E-state index in [-0.39, 0.29) is 28.1 Å². The van der Waals surface area contributed by atoms with Crippen molar-refractivity contribution in [2.24, 2.45) is 5.10 Å². The maximum Gasteiger partial charge on any atom is 0.416 e. The van der Waals surface area contributed by atoms with Gasteiger partial charge in [-0.2, -0.15) is 13.2 Å². The van der Waals surface area contributed by atoms with Gasteiger partial charge in [-0.3, -0.25) is 4.79 Å². The number of benzene rings is 2. The maximum absolute atomic E-state index is 12.7. The average Bonchev–Trinajstić information content (AvgIpc) is 2.90. The molecule has 1 heterocycles. The fourth-order valence-electron chi connectivity index (χ4n) is 2.46. The van der Waals surface area contributed by atoms with Crippen LogP contribution in [-0.2, 0) is 15.8 Å². The van der Waals surface area contributed by atoms with Gasteiger partial charge in [-0.15, -0.1) is 5.10 Å². The molecule has 3 rings (SSSR count). The van der Waals surface area contributed by atoms with E-state index in [1.54, 1.807) is 18.2 Å². The van der Waals surface area contributed by atoms with Crippen LogP contribution in [0.15, 0.2) is 59.2 Å². The lowest BCUT2D eigenvalue weighted by Gasteiger charge is -2.11. The Morgan fingerprint density at radius 1 is 1.18 bits per heavy atom. The standard InChI is InChI=1S/C19H14F3N3O3/c1-11-15(9-13-7-8-14(10-16(13)23)19(20,21)22)17(26)25(24-11)28-18(27)12-5-3-2-4-6-12/h2-10H,23H2,1H3. The number of hydrogen-bond acceptors (Lipinski definition) is 5. The van der Waals surface area contributed by atoms with Crippen LogP contribution in [0.5, 0.6) is 0 Å². The highest BCUT2D eigenvalue weighted by molar-refractivity contribution is 6.26. The Bertz CT molecular complexity index is 998. The fraction of sp³-hybridized carbons (Fsp3) is 0.105. The van der Waals surface area contributed by atoms with Crippen LogP contribution in [-0.4, -0.2) is 22.8 Å². The van der Waals surface area contributed by atoms with Gasteiger partial charge in [-0.25, -0.2) is 4.79 Å². The van der Waals surface area contributed by atoms with Crippen molar-refractivity contribution in [3.63, 3.8) is 0 Å². The smallest absolute Gasteiger partial charge is 0.398 e. The molecule has 1 aliphatic heterocycles. The Kier molecular flexibility index (Phi) is 4.91. The van der Waals surface area contributed by atoms with Crippen molar-refractivity contribution in [3.8, 4) is 0 Å². The molecule has 0 radical (unpaired) electrons. The summed E-state index contributed by atoms with van der Waals surface area (Å²) in [6.07, 6.45) is -3.23. The molecule has 0 aromatic heterocycles. The predicted octanol–water partition coefficient (Wildman–Crippen LogP) is 3.66. The van der Waals surface area contributed by atoms with Crippen LogP contribution in [0.1, 0.15) is 28.4 Å². The maximum atomic E-state index is 12.7. The van der Waals surface area contributed by atoms with Gasteiger partial charge in [0.15, 0.2) is 0 Å². The molecule has 6 nitrogen and oxygen atoms in total. The lowest BCUT2D eigenvalue weighted by atomic mass is 10.0. The molecule has 2 N–H and O–H groups in total. The van der Waals surface area contributed by atoms with Crippen molar-refractivity contribution in [1.82, 2.24) is 5.17 Å². The molecule has 1 aliphatic rings. The zero-order valence-electron chi connectivity index (χ0n) is 14.5. The number of nitrogens with two attached hydrogens (primary N) is 1. The van der Waals surface area contributed by atoms with Gasteiger partial charge in [-0.1, -0.05) is 24.3 Å². The Labute approximate surface area is 157 Å². The molecular formula is C19H14F3N3O3. The summed E-state index contributed by atoms with van der Waals surface area (Å²) in [4.78, 5) is 29.5. The topological polar surface area (TPSA) is 85.0 Å². The van der Waals surface area contributed by atoms with E-state index in [0.717, 1.165) is 18.2 Å². The first-order chi connectivity index (χ1) is 13.2. The van der Waals surface area contributed by atoms with E-state index in [1.165, 1.54) is 25.1 Å². The SMILES string of the molecule is CC1=NN(OC(=O)c2ccccc2)C(=O)C1=Cc1ccc(C(F)(F)F)cc1N. The second kappa shape index (κ2) is 7.18. The molecule has 28 heavy (non-hydrogen) atoms. The molecule has 0 saturated carbocycles. The number of hydrazone groups is 1. The highest BCUT2D eigenvalue weighted by Crippen LogP contribution is 2.32. The van der Waals surface area contributed by atoms with Crippen LogP contribution < -0.4 is 5.73 Å². The lowest BCUT2D eigenvalue weighted by molar-refractivity contribution is -0.160. The van der Waals surface area contributed by atoms with Crippen LogP contribution in [0.4, 0.5) is 18.9 Å². The quantitative estimate of drug-likeness (QED) is 0.641. The van der Waals surface area contributed by atoms with Gasteiger partial charge in [0, 0.05) is 5.69 Å². The van der Waals surface area contributed by atoms with Crippen molar-refractivity contribution in [2.75, 3.05) is 5.73 Å². The van der Waals surface area contributed by atoms with E-state index >= 15 is 0 Å². The number of nitrogen functional groups attached to an aromatic ring is 1. The molecule has 2 aromatic rings. The first kappa shape index (κ1) is 19.2. The molecule has 9 heteroatoms. The summed E-state index contributed by atoms with van der Waals surface area (Å²) in [5, 5.41) is 4.41. The highest BCUT2D eigenvalue weighted by atomic mass is 19.4. The summed E-state index contributed by atoms with van der Waals surface area (Å²) in [5.74, 6) is -1.51. The second-order valence-electron chi connectivity index (χ2n) is 5.91. The van der Waals surface area contributed by atoms with Gasteiger partial charge in [0.05, 0.1) is 22.4 Å². The Morgan fingerprint density at radius 2 is 1.86 bits per heavy atom. The zero-order valence-corrected chi connectivity index (χ0v) is 14.5. The van der Waals surface area contributed by atoms with E-state index in [0.29, 0.717) is 5.17 Å². The number of halogens is 3. The third kappa shape index (κ3) is 3.88. The third-order valence-corrected chi connectivity index (χ3v) is 3.93. The molecule has 0 unspecified atom stereocenters. The molecule has 0 aliphatic carbocycles. The van der Waals surface area contributed by atoms with Gasteiger partial charge in [0.25, 0.3) is 0 Å². The summed E-state index contributed by atoms with van der Waals surface area (Å²) >= 11 is 0. The Balaban J connectivity index is 1.82. The van der Waals surface area contributed by atoms with Gasteiger partial charge < -0.3 is 10.6 Å². The fourth-order valence-corrected chi connectivity index (χ4v) is 2.46. The molecular weight excluding hydrogens is 375 g/mol. The number of carbonyl (C=O) groups excluding carboxylic acids is 2. The normalized spacial score (nSPS) is 15.7. The zero-order chi connectivity index (χ0) is 20.5. The van der Waals surface area contributed by atoms with E-state index in [1.807, 2.05) is 0 Å².